The van der Waals surface area contributed by atoms with Crippen LogP contribution in [-0.2, 0) is 11.8 Å². The fourth-order valence-corrected chi connectivity index (χ4v) is 3.38. The van der Waals surface area contributed by atoms with Crippen molar-refractivity contribution in [2.24, 2.45) is 12.0 Å². The molecular formula is C22H25N7O. The second-order valence-corrected chi connectivity index (χ2v) is 7.51. The molecule has 0 unspecified atom stereocenters. The van der Waals surface area contributed by atoms with Gasteiger partial charge < -0.3 is 14.5 Å². The van der Waals surface area contributed by atoms with Crippen LogP contribution < -0.4 is 5.32 Å². The highest BCUT2D eigenvalue weighted by atomic mass is 16.1. The first kappa shape index (κ1) is 19.8. The molecule has 154 valence electrons. The second kappa shape index (κ2) is 8.06. The summed E-state index contributed by atoms with van der Waals surface area (Å²) in [6, 6.07) is 8.13. The third kappa shape index (κ3) is 3.94. The van der Waals surface area contributed by atoms with Crippen LogP contribution in [0.15, 0.2) is 47.9 Å². The quantitative estimate of drug-likeness (QED) is 0.639. The van der Waals surface area contributed by atoms with Crippen LogP contribution in [0.25, 0.3) is 17.0 Å². The lowest BCUT2D eigenvalue weighted by Crippen LogP contribution is -2.21. The van der Waals surface area contributed by atoms with E-state index in [1.807, 2.05) is 49.7 Å². The highest BCUT2D eigenvalue weighted by Crippen LogP contribution is 2.37. The number of nitrogens with one attached hydrogen (secondary N) is 1. The number of anilines is 1. The van der Waals surface area contributed by atoms with E-state index >= 15 is 0 Å². The molecule has 0 bridgehead atoms. The maximum absolute atomic E-state index is 12.8. The number of amides is 1. The zero-order chi connectivity index (χ0) is 21.3. The maximum Gasteiger partial charge on any atom is 0.273 e. The number of carbonyl (C=O) groups excluding carboxylic acids is 1. The number of allylic oxidation sites excluding steroid dienone is 1. The molecule has 1 fully saturated rings. The van der Waals surface area contributed by atoms with Crippen molar-refractivity contribution in [3.8, 4) is 11.4 Å². The van der Waals surface area contributed by atoms with Crippen LogP contribution in [0.5, 0.6) is 0 Å². The van der Waals surface area contributed by atoms with Crippen molar-refractivity contribution >= 4 is 22.9 Å². The molecule has 2 heterocycles. The van der Waals surface area contributed by atoms with Crippen molar-refractivity contribution in [3.05, 3.63) is 54.4 Å². The van der Waals surface area contributed by atoms with E-state index in [0.717, 1.165) is 41.3 Å². The van der Waals surface area contributed by atoms with Gasteiger partial charge in [0.25, 0.3) is 5.91 Å². The number of nitrogens with zero attached hydrogens (tertiary/aromatic N) is 6. The molecule has 3 aromatic rings. The number of aryl methyl sites for hydroxylation is 1. The summed E-state index contributed by atoms with van der Waals surface area (Å²) < 4.78 is 4.08. The number of aliphatic imine (C=N–C) groups is 1. The predicted molar refractivity (Wildman–Crippen MR) is 117 cm³/mol. The molecule has 1 aromatic carbocycles. The first-order chi connectivity index (χ1) is 14.5. The van der Waals surface area contributed by atoms with E-state index in [9.17, 15) is 4.79 Å². The summed E-state index contributed by atoms with van der Waals surface area (Å²) in [5.74, 6) is 1.46. The Kier molecular flexibility index (Phi) is 5.31. The van der Waals surface area contributed by atoms with Gasteiger partial charge in [-0.25, -0.2) is 4.98 Å². The molecule has 2 aromatic heterocycles. The molecule has 0 saturated heterocycles. The summed E-state index contributed by atoms with van der Waals surface area (Å²) in [6.45, 7) is 3.88. The summed E-state index contributed by atoms with van der Waals surface area (Å²) in [5.41, 5.74) is 3.82. The largest absolute Gasteiger partial charge is 0.332 e. The molecule has 1 N–H and O–H groups in total. The summed E-state index contributed by atoms with van der Waals surface area (Å²) in [7, 11) is 3.56. The Hall–Kier alpha value is -3.55. The molecule has 0 aliphatic heterocycles. The van der Waals surface area contributed by atoms with Crippen LogP contribution in [0.4, 0.5) is 5.69 Å². The maximum atomic E-state index is 12.8. The van der Waals surface area contributed by atoms with Gasteiger partial charge in [0.15, 0.2) is 5.82 Å². The molecule has 1 aliphatic carbocycles. The number of hydrogen-bond acceptors (Lipinski definition) is 5. The van der Waals surface area contributed by atoms with Crippen molar-refractivity contribution in [2.75, 3.05) is 12.4 Å². The zero-order valence-corrected chi connectivity index (χ0v) is 17.6. The second-order valence-electron chi connectivity index (χ2n) is 7.51. The van der Waals surface area contributed by atoms with Gasteiger partial charge in [0.1, 0.15) is 17.9 Å². The molecule has 8 nitrogen and oxygen atoms in total. The molecule has 30 heavy (non-hydrogen) atoms. The Balaban J connectivity index is 1.53. The van der Waals surface area contributed by atoms with Gasteiger partial charge in [-0.1, -0.05) is 12.1 Å². The number of benzene rings is 1. The third-order valence-corrected chi connectivity index (χ3v) is 5.34. The van der Waals surface area contributed by atoms with E-state index in [2.05, 4.69) is 30.1 Å². The van der Waals surface area contributed by atoms with Crippen LogP contribution in [0.1, 0.15) is 37.3 Å². The molecular weight excluding hydrogens is 378 g/mol. The minimum absolute atomic E-state index is 0.267. The fourth-order valence-electron chi connectivity index (χ4n) is 3.38. The Morgan fingerprint density at radius 3 is 2.80 bits per heavy atom. The van der Waals surface area contributed by atoms with Gasteiger partial charge in [-0.15, -0.1) is 10.2 Å². The van der Waals surface area contributed by atoms with E-state index in [0.29, 0.717) is 17.4 Å². The standard InChI is InChI=1S/C22H25N7O/c1-14(20-12-24-15(2)28(20)4)10-19(23-3)22(30)26-17-7-5-6-16(11-17)21-27-25-13-29(21)18-8-9-18/h5-7,10-13,18H,8-9H2,1-4H3,(H,26,30)/b14-10+,23-19+. The number of carbonyl (C=O) groups is 1. The Bertz CT molecular complexity index is 1150. The SMILES string of the molecule is C/N=C(\C=C(/C)c1cnc(C)n1C)C(=O)Nc1cccc(-c2nncn2C2CC2)c1. The zero-order valence-electron chi connectivity index (χ0n) is 17.6. The van der Waals surface area contributed by atoms with Gasteiger partial charge >= 0.3 is 0 Å². The van der Waals surface area contributed by atoms with E-state index in [1.165, 1.54) is 0 Å². The van der Waals surface area contributed by atoms with E-state index < -0.39 is 0 Å². The summed E-state index contributed by atoms with van der Waals surface area (Å²) in [6.07, 6.45) is 7.65. The molecule has 4 rings (SSSR count). The van der Waals surface area contributed by atoms with Crippen molar-refractivity contribution in [1.82, 2.24) is 24.3 Å². The first-order valence-corrected chi connectivity index (χ1v) is 9.93. The number of imidazole rings is 1. The number of rotatable bonds is 6. The molecule has 0 atom stereocenters. The van der Waals surface area contributed by atoms with Crippen LogP contribution >= 0.6 is 0 Å². The van der Waals surface area contributed by atoms with Crippen LogP contribution in [0, 0.1) is 6.92 Å². The van der Waals surface area contributed by atoms with Gasteiger partial charge in [-0.2, -0.15) is 0 Å². The van der Waals surface area contributed by atoms with Crippen LogP contribution in [-0.4, -0.2) is 43.0 Å². The predicted octanol–water partition coefficient (Wildman–Crippen LogP) is 3.43. The highest BCUT2D eigenvalue weighted by Gasteiger charge is 2.26. The fraction of sp³-hybridized carbons (Fsp3) is 0.318. The molecule has 1 amide bonds. The van der Waals surface area contributed by atoms with Gasteiger partial charge in [-0.3, -0.25) is 9.79 Å². The normalized spacial score (nSPS) is 14.8. The smallest absolute Gasteiger partial charge is 0.273 e. The van der Waals surface area contributed by atoms with E-state index in [4.69, 9.17) is 0 Å². The lowest BCUT2D eigenvalue weighted by atomic mass is 10.1. The number of hydrogen-bond donors (Lipinski definition) is 1. The van der Waals surface area contributed by atoms with Crippen LogP contribution in [0.2, 0.25) is 0 Å². The topological polar surface area (TPSA) is 90.0 Å². The Morgan fingerprint density at radius 2 is 2.13 bits per heavy atom. The van der Waals surface area contributed by atoms with Crippen LogP contribution in [0.3, 0.4) is 0 Å². The lowest BCUT2D eigenvalue weighted by molar-refractivity contribution is -0.110. The monoisotopic (exact) mass is 403 g/mol. The van der Waals surface area contributed by atoms with Gasteiger partial charge in [-0.05, 0) is 50.5 Å². The summed E-state index contributed by atoms with van der Waals surface area (Å²) in [4.78, 5) is 21.3. The minimum Gasteiger partial charge on any atom is -0.332 e. The third-order valence-electron chi connectivity index (χ3n) is 5.34. The first-order valence-electron chi connectivity index (χ1n) is 9.93. The van der Waals surface area contributed by atoms with Crippen molar-refractivity contribution in [1.29, 1.82) is 0 Å². The summed E-state index contributed by atoms with van der Waals surface area (Å²) in [5, 5.41) is 11.3. The molecule has 8 heteroatoms. The highest BCUT2D eigenvalue weighted by molar-refractivity contribution is 6.48. The molecule has 1 saturated carbocycles. The molecule has 1 aliphatic rings. The van der Waals surface area contributed by atoms with Crippen molar-refractivity contribution in [2.45, 2.75) is 32.7 Å². The van der Waals surface area contributed by atoms with E-state index in [-0.39, 0.29) is 5.91 Å². The van der Waals surface area contributed by atoms with Crippen molar-refractivity contribution in [3.63, 3.8) is 0 Å². The van der Waals surface area contributed by atoms with Crippen molar-refractivity contribution < 1.29 is 4.79 Å². The Morgan fingerprint density at radius 1 is 1.33 bits per heavy atom. The average molecular weight is 403 g/mol. The Labute approximate surface area is 175 Å². The average Bonchev–Trinajstić information content (AvgIpc) is 3.37. The van der Waals surface area contributed by atoms with Gasteiger partial charge in [0, 0.05) is 31.4 Å². The molecule has 0 radical (unpaired) electrons. The minimum atomic E-state index is -0.267. The summed E-state index contributed by atoms with van der Waals surface area (Å²) >= 11 is 0. The number of aromatic nitrogens is 5. The lowest BCUT2D eigenvalue weighted by Gasteiger charge is -2.09. The van der Waals surface area contributed by atoms with Gasteiger partial charge in [0.05, 0.1) is 11.9 Å². The van der Waals surface area contributed by atoms with E-state index in [1.54, 1.807) is 25.6 Å². The molecule has 0 spiro atoms. The van der Waals surface area contributed by atoms with Gasteiger partial charge in [0.2, 0.25) is 0 Å².